The number of hydrogen-bond acceptors (Lipinski definition) is 5. The van der Waals surface area contributed by atoms with Gasteiger partial charge in [-0.2, -0.15) is 0 Å². The minimum Gasteiger partial charge on any atom is -0.325 e. The maximum Gasteiger partial charge on any atom is 0.242 e. The van der Waals surface area contributed by atoms with E-state index in [0.29, 0.717) is 5.69 Å². The summed E-state index contributed by atoms with van der Waals surface area (Å²) in [4.78, 5) is 7.96. The first-order valence-corrected chi connectivity index (χ1v) is 7.14. The Kier molecular flexibility index (Phi) is 4.20. The molecule has 0 atom stereocenters. The Balaban J connectivity index is 2.09. The standard InChI is InChI=1S/C12H14N4O2S/c13-7-11-1-2-12(9-15-11)19(17,18)16-8-10-3-5-14-6-4-10/h1-6,9,16H,7-8,13H2. The molecule has 0 spiro atoms. The first kappa shape index (κ1) is 13.6. The number of nitrogens with zero attached hydrogens (tertiary/aromatic N) is 2. The van der Waals surface area contributed by atoms with Gasteiger partial charge < -0.3 is 5.73 Å². The minimum atomic E-state index is -3.56. The zero-order valence-corrected chi connectivity index (χ0v) is 11.0. The molecule has 0 aliphatic rings. The molecule has 19 heavy (non-hydrogen) atoms. The fourth-order valence-electron chi connectivity index (χ4n) is 1.45. The molecule has 100 valence electrons. The van der Waals surface area contributed by atoms with Crippen LogP contribution in [0.2, 0.25) is 0 Å². The van der Waals surface area contributed by atoms with Crippen LogP contribution < -0.4 is 10.5 Å². The summed E-state index contributed by atoms with van der Waals surface area (Å²) in [5.74, 6) is 0. The zero-order chi connectivity index (χ0) is 13.7. The fourth-order valence-corrected chi connectivity index (χ4v) is 2.41. The second-order valence-electron chi connectivity index (χ2n) is 3.87. The smallest absolute Gasteiger partial charge is 0.242 e. The molecule has 0 aliphatic heterocycles. The quantitative estimate of drug-likeness (QED) is 0.825. The third-order valence-electron chi connectivity index (χ3n) is 2.53. The van der Waals surface area contributed by atoms with Crippen molar-refractivity contribution in [2.24, 2.45) is 5.73 Å². The molecule has 0 amide bonds. The highest BCUT2D eigenvalue weighted by Gasteiger charge is 2.13. The number of rotatable bonds is 5. The van der Waals surface area contributed by atoms with E-state index in [1.54, 1.807) is 30.6 Å². The van der Waals surface area contributed by atoms with Crippen LogP contribution in [0.3, 0.4) is 0 Å². The van der Waals surface area contributed by atoms with E-state index in [-0.39, 0.29) is 18.0 Å². The molecule has 2 aromatic heterocycles. The van der Waals surface area contributed by atoms with Crippen LogP contribution in [0, 0.1) is 0 Å². The van der Waals surface area contributed by atoms with E-state index in [1.165, 1.54) is 12.3 Å². The number of hydrogen-bond donors (Lipinski definition) is 2. The summed E-state index contributed by atoms with van der Waals surface area (Å²) in [6.07, 6.45) is 4.53. The first-order chi connectivity index (χ1) is 9.12. The average molecular weight is 278 g/mol. The largest absolute Gasteiger partial charge is 0.325 e. The van der Waals surface area contributed by atoms with Gasteiger partial charge in [-0.25, -0.2) is 13.1 Å². The highest BCUT2D eigenvalue weighted by Crippen LogP contribution is 2.08. The molecule has 0 saturated carbocycles. The highest BCUT2D eigenvalue weighted by molar-refractivity contribution is 7.89. The van der Waals surface area contributed by atoms with Crippen LogP contribution in [0.25, 0.3) is 0 Å². The minimum absolute atomic E-state index is 0.124. The van der Waals surface area contributed by atoms with E-state index in [2.05, 4.69) is 14.7 Å². The van der Waals surface area contributed by atoms with Crippen molar-refractivity contribution in [1.29, 1.82) is 0 Å². The Morgan fingerprint density at radius 3 is 2.47 bits per heavy atom. The lowest BCUT2D eigenvalue weighted by molar-refractivity contribution is 0.580. The summed E-state index contributed by atoms with van der Waals surface area (Å²) in [7, 11) is -3.56. The van der Waals surface area contributed by atoms with Gasteiger partial charge in [0.25, 0.3) is 0 Å². The predicted octanol–water partition coefficient (Wildman–Crippen LogP) is 0.414. The van der Waals surface area contributed by atoms with Crippen molar-refractivity contribution >= 4 is 10.0 Å². The van der Waals surface area contributed by atoms with Crippen molar-refractivity contribution in [2.45, 2.75) is 18.0 Å². The monoisotopic (exact) mass is 278 g/mol. The van der Waals surface area contributed by atoms with Gasteiger partial charge in [-0.05, 0) is 29.8 Å². The summed E-state index contributed by atoms with van der Waals surface area (Å²) in [6.45, 7) is 0.494. The lowest BCUT2D eigenvalue weighted by Crippen LogP contribution is -2.23. The van der Waals surface area contributed by atoms with E-state index < -0.39 is 10.0 Å². The molecule has 3 N–H and O–H groups in total. The van der Waals surface area contributed by atoms with Crippen LogP contribution in [-0.2, 0) is 23.1 Å². The molecule has 0 aliphatic carbocycles. The summed E-state index contributed by atoms with van der Waals surface area (Å²) in [5, 5.41) is 0. The van der Waals surface area contributed by atoms with Gasteiger partial charge in [0.05, 0.1) is 5.69 Å². The molecule has 2 aromatic rings. The maximum absolute atomic E-state index is 12.0. The zero-order valence-electron chi connectivity index (χ0n) is 10.2. The van der Waals surface area contributed by atoms with Crippen LogP contribution in [0.5, 0.6) is 0 Å². The van der Waals surface area contributed by atoms with Crippen molar-refractivity contribution < 1.29 is 8.42 Å². The van der Waals surface area contributed by atoms with E-state index in [1.807, 2.05) is 0 Å². The van der Waals surface area contributed by atoms with Gasteiger partial charge in [0.15, 0.2) is 0 Å². The van der Waals surface area contributed by atoms with Gasteiger partial charge in [0, 0.05) is 31.7 Å². The van der Waals surface area contributed by atoms with Crippen LogP contribution in [0.1, 0.15) is 11.3 Å². The van der Waals surface area contributed by atoms with E-state index in [4.69, 9.17) is 5.73 Å². The Morgan fingerprint density at radius 1 is 1.16 bits per heavy atom. The predicted molar refractivity (Wildman–Crippen MR) is 70.4 cm³/mol. The second kappa shape index (κ2) is 5.87. The van der Waals surface area contributed by atoms with Crippen molar-refractivity contribution in [3.8, 4) is 0 Å². The molecule has 6 nitrogen and oxygen atoms in total. The fraction of sp³-hybridized carbons (Fsp3) is 0.167. The number of aromatic nitrogens is 2. The Labute approximate surface area is 111 Å². The number of nitrogens with two attached hydrogens (primary N) is 1. The first-order valence-electron chi connectivity index (χ1n) is 5.65. The molecule has 0 aromatic carbocycles. The number of nitrogens with one attached hydrogen (secondary N) is 1. The van der Waals surface area contributed by atoms with Crippen molar-refractivity contribution in [3.63, 3.8) is 0 Å². The Bertz CT molecular complexity index is 627. The van der Waals surface area contributed by atoms with Crippen LogP contribution in [0.4, 0.5) is 0 Å². The molecular weight excluding hydrogens is 264 g/mol. The highest BCUT2D eigenvalue weighted by atomic mass is 32.2. The molecular formula is C12H14N4O2S. The van der Waals surface area contributed by atoms with Crippen molar-refractivity contribution in [3.05, 3.63) is 54.1 Å². The van der Waals surface area contributed by atoms with Crippen molar-refractivity contribution in [1.82, 2.24) is 14.7 Å². The van der Waals surface area contributed by atoms with Gasteiger partial charge in [-0.1, -0.05) is 0 Å². The number of pyridine rings is 2. The second-order valence-corrected chi connectivity index (χ2v) is 5.64. The third kappa shape index (κ3) is 3.57. The SMILES string of the molecule is NCc1ccc(S(=O)(=O)NCc2ccncc2)cn1. The third-order valence-corrected chi connectivity index (χ3v) is 3.92. The number of sulfonamides is 1. The Morgan fingerprint density at radius 2 is 1.89 bits per heavy atom. The van der Waals surface area contributed by atoms with E-state index in [0.717, 1.165) is 5.56 Å². The summed E-state index contributed by atoms with van der Waals surface area (Å²) >= 11 is 0. The Hall–Kier alpha value is -1.83. The molecule has 0 saturated heterocycles. The molecule has 0 unspecified atom stereocenters. The summed E-state index contributed by atoms with van der Waals surface area (Å²) in [6, 6.07) is 6.58. The van der Waals surface area contributed by atoms with Crippen LogP contribution >= 0.6 is 0 Å². The molecule has 0 fully saturated rings. The topological polar surface area (TPSA) is 98.0 Å². The van der Waals surface area contributed by atoms with Gasteiger partial charge in [-0.3, -0.25) is 9.97 Å². The lowest BCUT2D eigenvalue weighted by atomic mass is 10.3. The maximum atomic E-state index is 12.0. The van der Waals surface area contributed by atoms with Gasteiger partial charge in [-0.15, -0.1) is 0 Å². The summed E-state index contributed by atoms with van der Waals surface area (Å²) < 4.78 is 26.5. The summed E-state index contributed by atoms with van der Waals surface area (Å²) in [5.41, 5.74) is 6.89. The van der Waals surface area contributed by atoms with Crippen molar-refractivity contribution in [2.75, 3.05) is 0 Å². The van der Waals surface area contributed by atoms with Gasteiger partial charge in [0.1, 0.15) is 4.90 Å². The van der Waals surface area contributed by atoms with E-state index in [9.17, 15) is 8.42 Å². The van der Waals surface area contributed by atoms with Gasteiger partial charge in [0.2, 0.25) is 10.0 Å². The lowest BCUT2D eigenvalue weighted by Gasteiger charge is -2.06. The molecule has 0 bridgehead atoms. The van der Waals surface area contributed by atoms with Gasteiger partial charge >= 0.3 is 0 Å². The molecule has 7 heteroatoms. The molecule has 2 rings (SSSR count). The average Bonchev–Trinajstić information content (AvgIpc) is 2.46. The van der Waals surface area contributed by atoms with E-state index >= 15 is 0 Å². The molecule has 2 heterocycles. The van der Waals surface area contributed by atoms with Crippen LogP contribution in [-0.4, -0.2) is 18.4 Å². The van der Waals surface area contributed by atoms with Crippen LogP contribution in [0.15, 0.2) is 47.8 Å². The normalized spacial score (nSPS) is 11.4. The molecule has 0 radical (unpaired) electrons.